The highest BCUT2D eigenvalue weighted by atomic mass is 19.1. The molecule has 2 aliphatic rings. The molecule has 8 nitrogen and oxygen atoms in total. The summed E-state index contributed by atoms with van der Waals surface area (Å²) < 4.78 is 21.6. The maximum atomic E-state index is 13.3. The van der Waals surface area contributed by atoms with Gasteiger partial charge >= 0.3 is 5.69 Å². The number of benzene rings is 1. The predicted octanol–water partition coefficient (Wildman–Crippen LogP) is 1.38. The summed E-state index contributed by atoms with van der Waals surface area (Å²) in [7, 11) is 1.61. The molecule has 0 unspecified atom stereocenters. The summed E-state index contributed by atoms with van der Waals surface area (Å²) in [5.41, 5.74) is 0.316. The molecule has 2 heterocycles. The lowest BCUT2D eigenvalue weighted by molar-refractivity contribution is 0.0216. The van der Waals surface area contributed by atoms with Crippen molar-refractivity contribution in [1.82, 2.24) is 9.13 Å². The summed E-state index contributed by atoms with van der Waals surface area (Å²) >= 11 is 0. The van der Waals surface area contributed by atoms with Gasteiger partial charge < -0.3 is 14.7 Å². The van der Waals surface area contributed by atoms with Crippen LogP contribution in [0.5, 0.6) is 0 Å². The zero-order valence-corrected chi connectivity index (χ0v) is 18.1. The number of aliphatic hydroxyl groups is 1. The first-order valence-electron chi connectivity index (χ1n) is 10.8. The molecule has 2 aromatic rings. The van der Waals surface area contributed by atoms with Crippen molar-refractivity contribution in [3.63, 3.8) is 0 Å². The molecule has 1 fully saturated rings. The van der Waals surface area contributed by atoms with Crippen LogP contribution >= 0.6 is 0 Å². The molecule has 0 radical (unpaired) electrons. The minimum absolute atomic E-state index is 0.120. The number of aromatic nitrogens is 2. The first kappa shape index (κ1) is 22.1. The molecular formula is C23H27FN4O4. The Morgan fingerprint density at radius 1 is 1.22 bits per heavy atom. The summed E-state index contributed by atoms with van der Waals surface area (Å²) in [5.74, 6) is 3.09. The summed E-state index contributed by atoms with van der Waals surface area (Å²) in [5, 5.41) is 9.16. The lowest BCUT2D eigenvalue weighted by Gasteiger charge is -2.24. The second-order valence-electron chi connectivity index (χ2n) is 8.09. The molecule has 0 amide bonds. The molecule has 1 saturated carbocycles. The largest absolute Gasteiger partial charge is 0.396 e. The molecular weight excluding hydrogens is 415 g/mol. The predicted molar refractivity (Wildman–Crippen MR) is 119 cm³/mol. The standard InChI is InChI=1S/C23H27FN4O4/c1-25-21-20(22(30)28(23(25)31)12-3-13-29)27(15-17-7-9-18(24)10-8-17)16-26(21)11-4-14-32-19-5-2-6-19/h7-10,19,29H,2-3,5-6,12-16H2,1H3. The van der Waals surface area contributed by atoms with Crippen LogP contribution in [0.15, 0.2) is 33.9 Å². The summed E-state index contributed by atoms with van der Waals surface area (Å²) in [6, 6.07) is 9.12. The van der Waals surface area contributed by atoms with Gasteiger partial charge in [-0.15, -0.1) is 0 Å². The zero-order chi connectivity index (χ0) is 22.7. The maximum Gasteiger partial charge on any atom is 0.332 e. The number of rotatable bonds is 7. The Hall–Kier alpha value is -3.09. The van der Waals surface area contributed by atoms with E-state index in [0.717, 1.165) is 23.0 Å². The first-order chi connectivity index (χ1) is 15.5. The topological polar surface area (TPSA) is 79.9 Å². The highest BCUT2D eigenvalue weighted by molar-refractivity contribution is 5.74. The van der Waals surface area contributed by atoms with Crippen LogP contribution in [0.4, 0.5) is 15.9 Å². The molecule has 1 aliphatic heterocycles. The SMILES string of the molecule is Cn1c2c(c(=O)n(CCCO)c1=O)N(Cc1ccc(F)cc1)CN2C#CCOC1CCC1. The zero-order valence-electron chi connectivity index (χ0n) is 18.1. The van der Waals surface area contributed by atoms with E-state index in [2.05, 4.69) is 12.0 Å². The van der Waals surface area contributed by atoms with Gasteiger partial charge in [-0.2, -0.15) is 0 Å². The molecule has 0 atom stereocenters. The van der Waals surface area contributed by atoms with E-state index >= 15 is 0 Å². The van der Waals surface area contributed by atoms with Crippen LogP contribution in [0.3, 0.4) is 0 Å². The summed E-state index contributed by atoms with van der Waals surface area (Å²) in [6.45, 7) is 0.939. The van der Waals surface area contributed by atoms with Gasteiger partial charge in [-0.3, -0.25) is 18.8 Å². The molecule has 1 aromatic carbocycles. The van der Waals surface area contributed by atoms with Crippen molar-refractivity contribution in [2.45, 2.75) is 44.9 Å². The van der Waals surface area contributed by atoms with E-state index < -0.39 is 11.2 Å². The minimum Gasteiger partial charge on any atom is -0.396 e. The maximum absolute atomic E-state index is 13.3. The lowest BCUT2D eigenvalue weighted by Crippen LogP contribution is -2.41. The quantitative estimate of drug-likeness (QED) is 0.653. The second-order valence-corrected chi connectivity index (χ2v) is 8.09. The van der Waals surface area contributed by atoms with Gasteiger partial charge in [-0.1, -0.05) is 18.1 Å². The highest BCUT2D eigenvalue weighted by Crippen LogP contribution is 2.32. The van der Waals surface area contributed by atoms with Gasteiger partial charge in [0.1, 0.15) is 24.8 Å². The Kier molecular flexibility index (Phi) is 6.63. The Bertz CT molecular complexity index is 1140. The van der Waals surface area contributed by atoms with Crippen LogP contribution in [0.2, 0.25) is 0 Å². The third-order valence-corrected chi connectivity index (χ3v) is 5.86. The number of fused-ring (bicyclic) bond motifs is 1. The molecule has 1 aliphatic carbocycles. The highest BCUT2D eigenvalue weighted by Gasteiger charge is 2.33. The molecule has 170 valence electrons. The summed E-state index contributed by atoms with van der Waals surface area (Å²) in [4.78, 5) is 29.6. The first-order valence-corrected chi connectivity index (χ1v) is 10.8. The van der Waals surface area contributed by atoms with Crippen LogP contribution in [0.1, 0.15) is 31.2 Å². The third-order valence-electron chi connectivity index (χ3n) is 5.86. The van der Waals surface area contributed by atoms with Crippen LogP contribution in [0.25, 0.3) is 0 Å². The molecule has 1 aromatic heterocycles. The van der Waals surface area contributed by atoms with E-state index in [1.165, 1.54) is 23.1 Å². The van der Waals surface area contributed by atoms with Gasteiger partial charge in [0.25, 0.3) is 5.56 Å². The third kappa shape index (κ3) is 4.42. The molecule has 1 N–H and O–H groups in total. The van der Waals surface area contributed by atoms with Crippen molar-refractivity contribution in [3.05, 3.63) is 56.5 Å². The van der Waals surface area contributed by atoms with Crippen molar-refractivity contribution in [2.75, 3.05) is 29.7 Å². The number of hydrogen-bond acceptors (Lipinski definition) is 6. The van der Waals surface area contributed by atoms with Crippen molar-refractivity contribution in [1.29, 1.82) is 0 Å². The van der Waals surface area contributed by atoms with Gasteiger partial charge in [0.15, 0.2) is 5.82 Å². The van der Waals surface area contributed by atoms with Crippen molar-refractivity contribution in [2.24, 2.45) is 7.05 Å². The van der Waals surface area contributed by atoms with Gasteiger partial charge in [0, 0.05) is 32.8 Å². The molecule has 0 saturated heterocycles. The van der Waals surface area contributed by atoms with Crippen LogP contribution in [-0.2, 0) is 24.9 Å². The van der Waals surface area contributed by atoms with Crippen molar-refractivity contribution in [3.8, 4) is 12.0 Å². The molecule has 4 rings (SSSR count). The Morgan fingerprint density at radius 2 is 1.97 bits per heavy atom. The normalized spacial score (nSPS) is 15.3. The van der Waals surface area contributed by atoms with Crippen LogP contribution < -0.4 is 21.0 Å². The number of ether oxygens (including phenoxy) is 1. The molecule has 32 heavy (non-hydrogen) atoms. The summed E-state index contributed by atoms with van der Waals surface area (Å²) in [6.07, 6.45) is 3.87. The molecule has 9 heteroatoms. The van der Waals surface area contributed by atoms with E-state index in [0.29, 0.717) is 24.5 Å². The fraction of sp³-hybridized carbons (Fsp3) is 0.478. The molecule has 0 bridgehead atoms. The lowest BCUT2D eigenvalue weighted by atomic mass is 9.96. The van der Waals surface area contributed by atoms with Crippen LogP contribution in [-0.4, -0.2) is 40.2 Å². The minimum atomic E-state index is -0.455. The number of hydrogen-bond donors (Lipinski definition) is 1. The Labute approximate surface area is 185 Å². The van der Waals surface area contributed by atoms with Gasteiger partial charge in [0.2, 0.25) is 0 Å². The average molecular weight is 442 g/mol. The van der Waals surface area contributed by atoms with E-state index in [4.69, 9.17) is 9.84 Å². The Balaban J connectivity index is 1.68. The van der Waals surface area contributed by atoms with E-state index in [1.54, 1.807) is 24.1 Å². The van der Waals surface area contributed by atoms with Crippen molar-refractivity contribution < 1.29 is 14.2 Å². The number of anilines is 2. The van der Waals surface area contributed by atoms with E-state index in [9.17, 15) is 14.0 Å². The average Bonchev–Trinajstić information content (AvgIpc) is 3.10. The van der Waals surface area contributed by atoms with Crippen molar-refractivity contribution >= 4 is 11.5 Å². The van der Waals surface area contributed by atoms with E-state index in [-0.39, 0.29) is 38.3 Å². The van der Waals surface area contributed by atoms with Crippen LogP contribution in [0, 0.1) is 17.8 Å². The monoisotopic (exact) mass is 442 g/mol. The number of nitrogens with zero attached hydrogens (tertiary/aromatic N) is 4. The van der Waals surface area contributed by atoms with Gasteiger partial charge in [-0.05, 0) is 43.4 Å². The smallest absolute Gasteiger partial charge is 0.332 e. The van der Waals surface area contributed by atoms with Gasteiger partial charge in [-0.25, -0.2) is 9.18 Å². The molecule has 0 spiro atoms. The van der Waals surface area contributed by atoms with Gasteiger partial charge in [0.05, 0.1) is 6.10 Å². The van der Waals surface area contributed by atoms with E-state index in [1.807, 2.05) is 4.90 Å². The fourth-order valence-corrected chi connectivity index (χ4v) is 3.91. The number of aliphatic hydroxyl groups excluding tert-OH is 1. The Morgan fingerprint density at radius 3 is 2.62 bits per heavy atom. The second kappa shape index (κ2) is 9.59. The number of halogens is 1. The fourth-order valence-electron chi connectivity index (χ4n) is 3.91.